The van der Waals surface area contributed by atoms with Crippen molar-refractivity contribution < 1.29 is 9.53 Å². The minimum Gasteiger partial charge on any atom is -0.543 e. The summed E-state index contributed by atoms with van der Waals surface area (Å²) >= 11 is 0. The number of fused-ring (bicyclic) bond motifs is 5. The summed E-state index contributed by atoms with van der Waals surface area (Å²) in [4.78, 5) is 0. The van der Waals surface area contributed by atoms with E-state index in [-0.39, 0.29) is 0 Å². The first kappa shape index (κ1) is 27.0. The van der Waals surface area contributed by atoms with Crippen molar-refractivity contribution in [3.63, 3.8) is 0 Å². The first-order valence-corrected chi connectivity index (χ1v) is 16.8. The van der Waals surface area contributed by atoms with Crippen LogP contribution < -0.4 is 4.43 Å². The molecular formula is C32H52O2Si. The van der Waals surface area contributed by atoms with Crippen molar-refractivity contribution in [3.8, 4) is 5.75 Å². The number of benzene rings is 1. The van der Waals surface area contributed by atoms with Crippen LogP contribution in [0.1, 0.15) is 111 Å². The van der Waals surface area contributed by atoms with Crippen LogP contribution in [-0.2, 0) is 6.42 Å². The molecule has 1 saturated carbocycles. The molecule has 0 amide bonds. The standard InChI is InChI=1S/C32H52O2Si/c1-21(2)35(22(3)4,23(5)6)34-26-12-14-27-25(20-26)11-13-29-28(27)17-18-32(8)30(15-16-31(29)32)24(7)10-9-19-33/h12,14-15,20-24,28-29,31,33H,9-11,13,16-19H2,1-8H3/t24-,28-,29-,31+,32-/m1/s1. The Labute approximate surface area is 217 Å². The Morgan fingerprint density at radius 1 is 1.03 bits per heavy atom. The number of aliphatic hydroxyl groups excluding tert-OH is 1. The molecule has 0 spiro atoms. The highest BCUT2D eigenvalue weighted by atomic mass is 28.4. The first-order chi connectivity index (χ1) is 16.6. The quantitative estimate of drug-likeness (QED) is 0.273. The zero-order valence-corrected chi connectivity index (χ0v) is 24.9. The van der Waals surface area contributed by atoms with Crippen LogP contribution in [0.25, 0.3) is 0 Å². The van der Waals surface area contributed by atoms with Crippen molar-refractivity contribution in [2.75, 3.05) is 6.61 Å². The van der Waals surface area contributed by atoms with Gasteiger partial charge in [-0.1, -0.05) is 73.1 Å². The third-order valence-electron chi connectivity index (χ3n) is 10.7. The SMILES string of the molecule is CC(C)[Si](Oc1ccc2c(c1)CC[C@@H]1[C@@H]2CC[C@]2(C)C([C@H](C)CCCO)=CC[C@@H]12)(C(C)C)C(C)C. The summed E-state index contributed by atoms with van der Waals surface area (Å²) in [5.41, 5.74) is 7.07. The smallest absolute Gasteiger partial charge is 0.258 e. The molecule has 196 valence electrons. The maximum atomic E-state index is 9.34. The van der Waals surface area contributed by atoms with Gasteiger partial charge in [0, 0.05) is 6.61 Å². The topological polar surface area (TPSA) is 29.5 Å². The van der Waals surface area contributed by atoms with Gasteiger partial charge in [-0.25, -0.2) is 0 Å². The van der Waals surface area contributed by atoms with Crippen molar-refractivity contribution >= 4 is 8.32 Å². The molecule has 0 radical (unpaired) electrons. The molecule has 5 atom stereocenters. The van der Waals surface area contributed by atoms with Crippen LogP contribution in [0.2, 0.25) is 16.6 Å². The molecule has 1 fully saturated rings. The second kappa shape index (κ2) is 10.4. The molecule has 3 heteroatoms. The summed E-state index contributed by atoms with van der Waals surface area (Å²) < 4.78 is 7.06. The Kier molecular flexibility index (Phi) is 7.99. The van der Waals surface area contributed by atoms with Crippen molar-refractivity contribution in [3.05, 3.63) is 41.0 Å². The summed E-state index contributed by atoms with van der Waals surface area (Å²) in [5.74, 6) is 4.06. The Bertz CT molecular complexity index is 894. The highest BCUT2D eigenvalue weighted by Crippen LogP contribution is 2.62. The van der Waals surface area contributed by atoms with E-state index >= 15 is 0 Å². The molecule has 0 unspecified atom stereocenters. The van der Waals surface area contributed by atoms with E-state index in [1.165, 1.54) is 32.1 Å². The first-order valence-electron chi connectivity index (χ1n) is 14.7. The van der Waals surface area contributed by atoms with Gasteiger partial charge in [0.15, 0.2) is 0 Å². The lowest BCUT2D eigenvalue weighted by molar-refractivity contribution is 0.0684. The molecule has 0 saturated heterocycles. The molecule has 35 heavy (non-hydrogen) atoms. The number of hydrogen-bond acceptors (Lipinski definition) is 2. The maximum Gasteiger partial charge on any atom is 0.258 e. The number of aliphatic hydroxyl groups is 1. The minimum atomic E-state index is -1.93. The van der Waals surface area contributed by atoms with Gasteiger partial charge in [0.2, 0.25) is 0 Å². The average molecular weight is 497 g/mol. The molecule has 4 rings (SSSR count). The van der Waals surface area contributed by atoms with Crippen LogP contribution in [0.4, 0.5) is 0 Å². The highest BCUT2D eigenvalue weighted by Gasteiger charge is 2.52. The van der Waals surface area contributed by atoms with E-state index in [1.54, 1.807) is 16.7 Å². The number of hydrogen-bond donors (Lipinski definition) is 1. The van der Waals surface area contributed by atoms with Gasteiger partial charge >= 0.3 is 0 Å². The number of aryl methyl sites for hydroxylation is 1. The Morgan fingerprint density at radius 3 is 2.34 bits per heavy atom. The third kappa shape index (κ3) is 4.58. The molecular weight excluding hydrogens is 444 g/mol. The molecule has 3 aliphatic carbocycles. The van der Waals surface area contributed by atoms with Gasteiger partial charge < -0.3 is 9.53 Å². The Balaban J connectivity index is 1.55. The van der Waals surface area contributed by atoms with Crippen molar-refractivity contribution in [1.82, 2.24) is 0 Å². The number of rotatable bonds is 9. The van der Waals surface area contributed by atoms with Gasteiger partial charge in [-0.15, -0.1) is 0 Å². The van der Waals surface area contributed by atoms with E-state index < -0.39 is 8.32 Å². The molecule has 3 aliphatic rings. The molecule has 0 aromatic heterocycles. The van der Waals surface area contributed by atoms with Crippen LogP contribution >= 0.6 is 0 Å². The molecule has 0 aliphatic heterocycles. The lowest BCUT2D eigenvalue weighted by Gasteiger charge is -2.51. The Hall–Kier alpha value is -1.06. The summed E-state index contributed by atoms with van der Waals surface area (Å²) in [6.45, 7) is 19.6. The fraction of sp³-hybridized carbons (Fsp3) is 0.750. The largest absolute Gasteiger partial charge is 0.543 e. The van der Waals surface area contributed by atoms with Crippen LogP contribution in [0.3, 0.4) is 0 Å². The van der Waals surface area contributed by atoms with Crippen molar-refractivity contribution in [2.45, 2.75) is 123 Å². The maximum absolute atomic E-state index is 9.34. The van der Waals surface area contributed by atoms with E-state index in [1.807, 2.05) is 0 Å². The lowest BCUT2D eigenvalue weighted by atomic mass is 9.53. The predicted octanol–water partition coefficient (Wildman–Crippen LogP) is 9.04. The zero-order chi connectivity index (χ0) is 25.5. The van der Waals surface area contributed by atoms with Gasteiger partial charge in [0.25, 0.3) is 8.32 Å². The van der Waals surface area contributed by atoms with Crippen molar-refractivity contribution in [1.29, 1.82) is 0 Å². The van der Waals surface area contributed by atoms with Crippen LogP contribution in [0, 0.1) is 23.2 Å². The number of allylic oxidation sites excluding steroid dienone is 2. The molecule has 1 N–H and O–H groups in total. The van der Waals surface area contributed by atoms with Gasteiger partial charge in [-0.3, -0.25) is 0 Å². The second-order valence-electron chi connectivity index (χ2n) is 13.3. The highest BCUT2D eigenvalue weighted by molar-refractivity contribution is 6.78. The molecule has 1 aromatic rings. The summed E-state index contributed by atoms with van der Waals surface area (Å²) in [7, 11) is -1.93. The summed E-state index contributed by atoms with van der Waals surface area (Å²) in [5, 5.41) is 9.34. The van der Waals surface area contributed by atoms with Gasteiger partial charge in [0.05, 0.1) is 0 Å². The van der Waals surface area contributed by atoms with Crippen LogP contribution in [0.15, 0.2) is 29.8 Å². The van der Waals surface area contributed by atoms with Gasteiger partial charge in [-0.05, 0) is 114 Å². The molecule has 1 aromatic carbocycles. The monoisotopic (exact) mass is 496 g/mol. The lowest BCUT2D eigenvalue weighted by Crippen LogP contribution is -2.50. The zero-order valence-electron chi connectivity index (χ0n) is 23.9. The molecule has 2 nitrogen and oxygen atoms in total. The van der Waals surface area contributed by atoms with Crippen LogP contribution in [0.5, 0.6) is 5.75 Å². The van der Waals surface area contributed by atoms with E-state index in [9.17, 15) is 5.11 Å². The van der Waals surface area contributed by atoms with E-state index in [4.69, 9.17) is 4.43 Å². The fourth-order valence-corrected chi connectivity index (χ4v) is 14.3. The second-order valence-corrected chi connectivity index (χ2v) is 18.7. The van der Waals surface area contributed by atoms with E-state index in [0.29, 0.717) is 40.5 Å². The third-order valence-corrected chi connectivity index (χ3v) is 16.7. The van der Waals surface area contributed by atoms with E-state index in [0.717, 1.165) is 30.4 Å². The predicted molar refractivity (Wildman–Crippen MR) is 152 cm³/mol. The van der Waals surface area contributed by atoms with Gasteiger partial charge in [-0.2, -0.15) is 0 Å². The Morgan fingerprint density at radius 2 is 1.71 bits per heavy atom. The normalized spacial score (nSPS) is 29.1. The summed E-state index contributed by atoms with van der Waals surface area (Å²) in [6.07, 6.45) is 11.1. The van der Waals surface area contributed by atoms with Crippen LogP contribution in [-0.4, -0.2) is 20.0 Å². The van der Waals surface area contributed by atoms with Crippen molar-refractivity contribution in [2.24, 2.45) is 23.2 Å². The molecule has 0 heterocycles. The fourth-order valence-electron chi connectivity index (χ4n) is 9.10. The summed E-state index contributed by atoms with van der Waals surface area (Å²) in [6, 6.07) is 7.21. The van der Waals surface area contributed by atoms with E-state index in [2.05, 4.69) is 79.7 Å². The molecule has 0 bridgehead atoms. The van der Waals surface area contributed by atoms with Gasteiger partial charge in [0.1, 0.15) is 5.75 Å². The minimum absolute atomic E-state index is 0.320. The average Bonchev–Trinajstić information content (AvgIpc) is 3.17.